The number of rotatable bonds is 5. The summed E-state index contributed by atoms with van der Waals surface area (Å²) < 4.78 is 0. The molecule has 0 aromatic heterocycles. The molecule has 0 amide bonds. The Balaban J connectivity index is 0.977. The third kappa shape index (κ3) is 4.32. The molecule has 58 heavy (non-hydrogen) atoms. The van der Waals surface area contributed by atoms with Crippen LogP contribution in [0.3, 0.4) is 0 Å². The lowest BCUT2D eigenvalue weighted by molar-refractivity contribution is 0.350. The van der Waals surface area contributed by atoms with E-state index in [-0.39, 0.29) is 10.8 Å². The zero-order valence-corrected chi connectivity index (χ0v) is 33.1. The van der Waals surface area contributed by atoms with E-state index in [0.29, 0.717) is 0 Å². The summed E-state index contributed by atoms with van der Waals surface area (Å²) in [6.07, 6.45) is 4.15. The number of nitrogens with zero attached hydrogens (tertiary/aromatic N) is 1. The van der Waals surface area contributed by atoms with Crippen molar-refractivity contribution in [2.75, 3.05) is 4.90 Å². The molecule has 0 heterocycles. The molecular formula is C57H45N. The van der Waals surface area contributed by atoms with E-state index in [2.05, 4.69) is 195 Å². The van der Waals surface area contributed by atoms with Crippen molar-refractivity contribution < 1.29 is 0 Å². The van der Waals surface area contributed by atoms with Crippen LogP contribution in [0.5, 0.6) is 0 Å². The van der Waals surface area contributed by atoms with Crippen LogP contribution in [0, 0.1) is 23.7 Å². The van der Waals surface area contributed by atoms with E-state index in [9.17, 15) is 0 Å². The van der Waals surface area contributed by atoms with Crippen LogP contribution in [0.25, 0.3) is 55.3 Å². The van der Waals surface area contributed by atoms with Gasteiger partial charge in [-0.3, -0.25) is 0 Å². The van der Waals surface area contributed by atoms with Crippen LogP contribution in [-0.2, 0) is 10.8 Å². The van der Waals surface area contributed by atoms with Gasteiger partial charge in [0.1, 0.15) is 0 Å². The first-order chi connectivity index (χ1) is 28.5. The zero-order chi connectivity index (χ0) is 38.3. The van der Waals surface area contributed by atoms with E-state index < -0.39 is 0 Å². The van der Waals surface area contributed by atoms with Crippen LogP contribution in [0.2, 0.25) is 0 Å². The van der Waals surface area contributed by atoms with Crippen molar-refractivity contribution in [3.63, 3.8) is 0 Å². The van der Waals surface area contributed by atoms with Crippen LogP contribution in [0.4, 0.5) is 17.1 Å². The molecule has 3 fully saturated rings. The van der Waals surface area contributed by atoms with E-state index in [1.165, 1.54) is 97.0 Å². The van der Waals surface area contributed by atoms with Gasteiger partial charge in [-0.25, -0.2) is 0 Å². The maximum absolute atomic E-state index is 2.62. The van der Waals surface area contributed by atoms with Gasteiger partial charge in [0.05, 0.1) is 5.69 Å². The van der Waals surface area contributed by atoms with Gasteiger partial charge < -0.3 is 4.90 Å². The first kappa shape index (κ1) is 32.9. The third-order valence-electron chi connectivity index (χ3n) is 15.6. The highest BCUT2D eigenvalue weighted by molar-refractivity contribution is 6.07. The molecule has 1 nitrogen and oxygen atoms in total. The van der Waals surface area contributed by atoms with E-state index >= 15 is 0 Å². The monoisotopic (exact) mass is 743 g/mol. The average molecular weight is 744 g/mol. The van der Waals surface area contributed by atoms with Gasteiger partial charge >= 0.3 is 0 Å². The lowest BCUT2D eigenvalue weighted by Crippen LogP contribution is -2.31. The average Bonchev–Trinajstić information content (AvgIpc) is 3.49. The predicted octanol–water partition coefficient (Wildman–Crippen LogP) is 14.9. The molecule has 0 radical (unpaired) electrons. The van der Waals surface area contributed by atoms with Crippen molar-refractivity contribution in [3.8, 4) is 44.5 Å². The molecule has 8 aromatic carbocycles. The summed E-state index contributed by atoms with van der Waals surface area (Å²) in [5.41, 5.74) is 20.3. The molecule has 5 aliphatic rings. The van der Waals surface area contributed by atoms with Gasteiger partial charge in [-0.15, -0.1) is 0 Å². The Hall–Kier alpha value is -6.18. The van der Waals surface area contributed by atoms with Gasteiger partial charge in [0.2, 0.25) is 0 Å². The van der Waals surface area contributed by atoms with Crippen molar-refractivity contribution in [2.45, 2.75) is 43.9 Å². The topological polar surface area (TPSA) is 3.24 Å². The molecule has 0 N–H and O–H groups in total. The third-order valence-corrected chi connectivity index (χ3v) is 15.6. The minimum Gasteiger partial charge on any atom is -0.310 e. The molecule has 8 aromatic rings. The Morgan fingerprint density at radius 1 is 0.431 bits per heavy atom. The van der Waals surface area contributed by atoms with Crippen molar-refractivity contribution >= 4 is 27.8 Å². The molecule has 0 aliphatic heterocycles. The van der Waals surface area contributed by atoms with Gasteiger partial charge in [-0.05, 0) is 151 Å². The van der Waals surface area contributed by atoms with Crippen LogP contribution in [0.15, 0.2) is 176 Å². The summed E-state index contributed by atoms with van der Waals surface area (Å²) in [4.78, 5) is 2.50. The fourth-order valence-corrected chi connectivity index (χ4v) is 13.0. The minimum atomic E-state index is -0.0967. The molecule has 0 bridgehead atoms. The summed E-state index contributed by atoms with van der Waals surface area (Å²) in [6.45, 7) is 4.76. The Kier molecular flexibility index (Phi) is 6.63. The molecule has 3 saturated carbocycles. The SMILES string of the molecule is CC1(C)c2ccccc2-c2ccc(N(c3ccc(-c4ccccc4)cc3)c3ccc(-c4ccc5c(c4)C4(CC6C7CCC4C76)c4ccccc4-5)c4ccccc34)cc21. The van der Waals surface area contributed by atoms with Crippen LogP contribution >= 0.6 is 0 Å². The smallest absolute Gasteiger partial charge is 0.0540 e. The second-order valence-electron chi connectivity index (χ2n) is 18.4. The molecule has 278 valence electrons. The summed E-state index contributed by atoms with van der Waals surface area (Å²) in [7, 11) is 0. The molecule has 1 heteroatoms. The number of hydrogen-bond donors (Lipinski definition) is 0. The summed E-state index contributed by atoms with van der Waals surface area (Å²) in [5, 5.41) is 2.55. The van der Waals surface area contributed by atoms with Gasteiger partial charge in [0, 0.05) is 27.6 Å². The highest BCUT2D eigenvalue weighted by Gasteiger charge is 2.72. The molecule has 5 unspecified atom stereocenters. The van der Waals surface area contributed by atoms with Gasteiger partial charge in [-0.2, -0.15) is 0 Å². The van der Waals surface area contributed by atoms with Crippen molar-refractivity contribution in [1.82, 2.24) is 0 Å². The van der Waals surface area contributed by atoms with Gasteiger partial charge in [0.25, 0.3) is 0 Å². The number of benzene rings is 8. The van der Waals surface area contributed by atoms with E-state index in [1.54, 1.807) is 11.1 Å². The maximum Gasteiger partial charge on any atom is 0.0540 e. The van der Waals surface area contributed by atoms with Crippen LogP contribution in [-0.4, -0.2) is 0 Å². The van der Waals surface area contributed by atoms with Crippen LogP contribution < -0.4 is 4.90 Å². The number of fused-ring (bicyclic) bond motifs is 11. The Labute approximate surface area is 341 Å². The summed E-state index contributed by atoms with van der Waals surface area (Å²) >= 11 is 0. The van der Waals surface area contributed by atoms with Crippen LogP contribution in [0.1, 0.15) is 55.4 Å². The van der Waals surface area contributed by atoms with E-state index in [1.807, 2.05) is 0 Å². The Morgan fingerprint density at radius 2 is 1.03 bits per heavy atom. The first-order valence-electron chi connectivity index (χ1n) is 21.5. The maximum atomic E-state index is 2.62. The molecule has 5 aliphatic carbocycles. The molecule has 5 atom stereocenters. The van der Waals surface area contributed by atoms with Gasteiger partial charge in [0.15, 0.2) is 0 Å². The summed E-state index contributed by atoms with van der Waals surface area (Å²) in [6, 6.07) is 66.8. The fourth-order valence-electron chi connectivity index (χ4n) is 13.0. The minimum absolute atomic E-state index is 0.0967. The molecule has 13 rings (SSSR count). The first-order valence-corrected chi connectivity index (χ1v) is 21.5. The van der Waals surface area contributed by atoms with Crippen molar-refractivity contribution in [3.05, 3.63) is 198 Å². The number of hydrogen-bond acceptors (Lipinski definition) is 1. The Morgan fingerprint density at radius 3 is 1.84 bits per heavy atom. The lowest BCUT2D eigenvalue weighted by Gasteiger charge is -2.35. The van der Waals surface area contributed by atoms with Crippen molar-refractivity contribution in [1.29, 1.82) is 0 Å². The predicted molar refractivity (Wildman–Crippen MR) is 241 cm³/mol. The van der Waals surface area contributed by atoms with E-state index in [0.717, 1.165) is 29.4 Å². The quantitative estimate of drug-likeness (QED) is 0.170. The lowest BCUT2D eigenvalue weighted by atomic mass is 9.68. The zero-order valence-electron chi connectivity index (χ0n) is 33.1. The molecular weight excluding hydrogens is 699 g/mol. The highest BCUT2D eigenvalue weighted by atomic mass is 15.1. The standard InChI is InChI=1S/C57H45N/c1-56(2)49-18-10-8-15-42(49)44-27-25-39(33-52(44)56)58(38-23-20-36(21-24-38)35-12-4-3-5-13-35)54-31-29-40(41-14-6-7-17-46(41)54)37-22-26-45-43-16-9-11-19-50(43)57(53(45)32-37)34-48-47-28-30-51(57)55(47)48/h3-27,29,31-33,47-48,51,55H,28,30,34H2,1-2H3. The second kappa shape index (κ2) is 11.7. The normalized spacial score (nSPS) is 23.3. The highest BCUT2D eigenvalue weighted by Crippen LogP contribution is 2.78. The van der Waals surface area contributed by atoms with Gasteiger partial charge in [-0.1, -0.05) is 153 Å². The van der Waals surface area contributed by atoms with Crippen molar-refractivity contribution in [2.24, 2.45) is 23.7 Å². The Bertz CT molecular complexity index is 2990. The fraction of sp³-hybridized carbons (Fsp3) is 0.193. The van der Waals surface area contributed by atoms with E-state index in [4.69, 9.17) is 0 Å². The number of anilines is 3. The molecule has 1 spiro atoms. The largest absolute Gasteiger partial charge is 0.310 e. The second-order valence-corrected chi connectivity index (χ2v) is 18.4. The summed E-state index contributed by atoms with van der Waals surface area (Å²) in [5.74, 6) is 3.64. The molecule has 0 saturated heterocycles.